The van der Waals surface area contributed by atoms with E-state index in [9.17, 15) is 14.7 Å². The summed E-state index contributed by atoms with van der Waals surface area (Å²) in [7, 11) is 0. The molecule has 0 aromatic heterocycles. The summed E-state index contributed by atoms with van der Waals surface area (Å²) in [6.07, 6.45) is 0.213. The van der Waals surface area contributed by atoms with Gasteiger partial charge >= 0.3 is 0 Å². The molecule has 2 aliphatic rings. The average molecular weight is 286 g/mol. The summed E-state index contributed by atoms with van der Waals surface area (Å²) in [5.41, 5.74) is 2.76. The van der Waals surface area contributed by atoms with Crippen molar-refractivity contribution in [3.8, 4) is 0 Å². The Kier molecular flexibility index (Phi) is 3.61. The number of carbonyl (C=O) groups is 2. The molecule has 110 valence electrons. The van der Waals surface area contributed by atoms with E-state index < -0.39 is 6.10 Å². The van der Waals surface area contributed by atoms with E-state index in [-0.39, 0.29) is 18.4 Å². The molecule has 5 heteroatoms. The number of hydrogen-bond acceptors (Lipinski definition) is 4. The van der Waals surface area contributed by atoms with Gasteiger partial charge in [0.05, 0.1) is 23.8 Å². The smallest absolute Gasteiger partial charge is 0.261 e. The Labute approximate surface area is 123 Å². The average Bonchev–Trinajstić information content (AvgIpc) is 2.73. The van der Waals surface area contributed by atoms with Gasteiger partial charge in [0, 0.05) is 6.54 Å². The monoisotopic (exact) mass is 286 g/mol. The zero-order chi connectivity index (χ0) is 15.0. The summed E-state index contributed by atoms with van der Waals surface area (Å²) in [6.45, 7) is 3.47. The van der Waals surface area contributed by atoms with Gasteiger partial charge in [-0.2, -0.15) is 0 Å². The van der Waals surface area contributed by atoms with Gasteiger partial charge < -0.3 is 10.4 Å². The molecule has 2 amide bonds. The Bertz CT molecular complexity index is 601. The maximum atomic E-state index is 12.3. The molecule has 1 saturated heterocycles. The molecular formula is C16H18N2O3. The number of aliphatic hydroxyl groups excluding tert-OH is 1. The highest BCUT2D eigenvalue weighted by atomic mass is 16.3. The minimum atomic E-state index is -0.533. The predicted molar refractivity (Wildman–Crippen MR) is 78.0 cm³/mol. The molecule has 1 atom stereocenters. The number of benzene rings is 1. The van der Waals surface area contributed by atoms with Crippen LogP contribution >= 0.6 is 0 Å². The Hall–Kier alpha value is -1.98. The Morgan fingerprint density at radius 2 is 1.90 bits per heavy atom. The van der Waals surface area contributed by atoms with E-state index in [1.165, 1.54) is 4.90 Å². The Morgan fingerprint density at radius 3 is 2.48 bits per heavy atom. The van der Waals surface area contributed by atoms with Crippen LogP contribution in [0.1, 0.15) is 34.1 Å². The van der Waals surface area contributed by atoms with Crippen molar-refractivity contribution in [2.24, 2.45) is 0 Å². The van der Waals surface area contributed by atoms with E-state index in [4.69, 9.17) is 0 Å². The highest BCUT2D eigenvalue weighted by molar-refractivity contribution is 6.21. The van der Waals surface area contributed by atoms with Gasteiger partial charge in [0.2, 0.25) is 0 Å². The van der Waals surface area contributed by atoms with Crippen molar-refractivity contribution >= 4 is 11.8 Å². The second-order valence-corrected chi connectivity index (χ2v) is 5.52. The lowest BCUT2D eigenvalue weighted by atomic mass is 9.97. The Balaban J connectivity index is 1.85. The minimum absolute atomic E-state index is 0.249. The summed E-state index contributed by atoms with van der Waals surface area (Å²) < 4.78 is 0. The molecule has 5 nitrogen and oxygen atoms in total. The van der Waals surface area contributed by atoms with Crippen LogP contribution in [0.3, 0.4) is 0 Å². The van der Waals surface area contributed by atoms with Gasteiger partial charge in [0.15, 0.2) is 0 Å². The summed E-state index contributed by atoms with van der Waals surface area (Å²) in [6, 6.07) is 6.87. The normalized spacial score (nSPS) is 24.3. The largest absolute Gasteiger partial charge is 0.387 e. The second-order valence-electron chi connectivity index (χ2n) is 5.52. The molecule has 1 unspecified atom stereocenters. The van der Waals surface area contributed by atoms with Crippen molar-refractivity contribution in [1.29, 1.82) is 0 Å². The predicted octanol–water partition coefficient (Wildman–Crippen LogP) is 0.953. The maximum Gasteiger partial charge on any atom is 0.261 e. The first-order valence-electron chi connectivity index (χ1n) is 7.12. The van der Waals surface area contributed by atoms with Crippen molar-refractivity contribution in [1.82, 2.24) is 10.2 Å². The van der Waals surface area contributed by atoms with Crippen LogP contribution in [-0.4, -0.2) is 47.6 Å². The first-order chi connectivity index (χ1) is 10.1. The summed E-state index contributed by atoms with van der Waals surface area (Å²) >= 11 is 0. The standard InChI is InChI=1S/C16H18N2O3/c1-10(11-6-7-17-8-14(11)19)9-18-15(20)12-4-2-3-5-13(12)16(18)21/h2-5,14,17,19H,6-9H2,1H3/b11-10-. The Morgan fingerprint density at radius 1 is 1.29 bits per heavy atom. The molecule has 1 aromatic rings. The molecule has 1 fully saturated rings. The van der Waals surface area contributed by atoms with Crippen molar-refractivity contribution < 1.29 is 14.7 Å². The van der Waals surface area contributed by atoms with Gasteiger partial charge in [-0.05, 0) is 37.6 Å². The highest BCUT2D eigenvalue weighted by Gasteiger charge is 2.35. The van der Waals surface area contributed by atoms with E-state index in [0.29, 0.717) is 17.7 Å². The zero-order valence-electron chi connectivity index (χ0n) is 11.9. The number of β-amino-alcohol motifs (C(OH)–C–C–N with tert-alkyl or cyclic N) is 1. The molecular weight excluding hydrogens is 268 g/mol. The number of hydrogen-bond donors (Lipinski definition) is 2. The summed E-state index contributed by atoms with van der Waals surface area (Å²) in [4.78, 5) is 25.9. The van der Waals surface area contributed by atoms with Crippen LogP contribution in [0.25, 0.3) is 0 Å². The second kappa shape index (κ2) is 5.42. The molecule has 0 aliphatic carbocycles. The van der Waals surface area contributed by atoms with Gasteiger partial charge in [0.1, 0.15) is 0 Å². The fourth-order valence-electron chi connectivity index (χ4n) is 2.97. The number of piperidine rings is 1. The van der Waals surface area contributed by atoms with Crippen LogP contribution in [0.15, 0.2) is 35.4 Å². The summed E-state index contributed by atoms with van der Waals surface area (Å²) in [5, 5.41) is 13.1. The van der Waals surface area contributed by atoms with Gasteiger partial charge in [-0.3, -0.25) is 14.5 Å². The van der Waals surface area contributed by atoms with Crippen LogP contribution in [0.5, 0.6) is 0 Å². The molecule has 2 aliphatic heterocycles. The van der Waals surface area contributed by atoms with E-state index >= 15 is 0 Å². The van der Waals surface area contributed by atoms with Crippen molar-refractivity contribution in [3.63, 3.8) is 0 Å². The zero-order valence-corrected chi connectivity index (χ0v) is 11.9. The van der Waals surface area contributed by atoms with Crippen LogP contribution in [0.4, 0.5) is 0 Å². The van der Waals surface area contributed by atoms with E-state index in [0.717, 1.165) is 24.1 Å². The van der Waals surface area contributed by atoms with E-state index in [1.807, 2.05) is 6.92 Å². The number of carbonyl (C=O) groups excluding carboxylic acids is 2. The lowest BCUT2D eigenvalue weighted by Gasteiger charge is -2.25. The molecule has 3 rings (SSSR count). The molecule has 0 bridgehead atoms. The maximum absolute atomic E-state index is 12.3. The summed E-state index contributed by atoms with van der Waals surface area (Å²) in [5.74, 6) is -0.502. The number of fused-ring (bicyclic) bond motifs is 1. The van der Waals surface area contributed by atoms with Crippen molar-refractivity contribution in [3.05, 3.63) is 46.5 Å². The lowest BCUT2D eigenvalue weighted by Crippen LogP contribution is -2.38. The fourth-order valence-corrected chi connectivity index (χ4v) is 2.97. The lowest BCUT2D eigenvalue weighted by molar-refractivity contribution is 0.0666. The van der Waals surface area contributed by atoms with Crippen LogP contribution in [0, 0.1) is 0 Å². The highest BCUT2D eigenvalue weighted by Crippen LogP contribution is 2.25. The van der Waals surface area contributed by atoms with Crippen LogP contribution in [0.2, 0.25) is 0 Å². The van der Waals surface area contributed by atoms with Gasteiger partial charge in [-0.25, -0.2) is 0 Å². The fraction of sp³-hybridized carbons (Fsp3) is 0.375. The molecule has 2 heterocycles. The van der Waals surface area contributed by atoms with Crippen LogP contribution < -0.4 is 5.32 Å². The van der Waals surface area contributed by atoms with Crippen molar-refractivity contribution in [2.75, 3.05) is 19.6 Å². The molecule has 0 radical (unpaired) electrons. The van der Waals surface area contributed by atoms with Gasteiger partial charge in [-0.1, -0.05) is 17.7 Å². The number of rotatable bonds is 2. The third-order valence-electron chi connectivity index (χ3n) is 4.13. The number of imide groups is 1. The topological polar surface area (TPSA) is 69.6 Å². The third-order valence-corrected chi connectivity index (χ3v) is 4.13. The third kappa shape index (κ3) is 2.39. The van der Waals surface area contributed by atoms with Gasteiger partial charge in [0.25, 0.3) is 11.8 Å². The SMILES string of the molecule is C/C(CN1C(=O)c2ccccc2C1=O)=C1\CCNCC1O. The molecule has 1 aromatic carbocycles. The molecule has 0 saturated carbocycles. The number of nitrogens with zero attached hydrogens (tertiary/aromatic N) is 1. The molecule has 0 spiro atoms. The molecule has 21 heavy (non-hydrogen) atoms. The van der Waals surface area contributed by atoms with E-state index in [2.05, 4.69) is 5.32 Å². The number of nitrogens with one attached hydrogen (secondary N) is 1. The van der Waals surface area contributed by atoms with E-state index in [1.54, 1.807) is 24.3 Å². The van der Waals surface area contributed by atoms with Crippen molar-refractivity contribution in [2.45, 2.75) is 19.4 Å². The van der Waals surface area contributed by atoms with Gasteiger partial charge in [-0.15, -0.1) is 0 Å². The number of amides is 2. The number of aliphatic hydroxyl groups is 1. The van der Waals surface area contributed by atoms with Crippen LogP contribution in [-0.2, 0) is 0 Å². The minimum Gasteiger partial charge on any atom is -0.387 e. The first-order valence-corrected chi connectivity index (χ1v) is 7.12. The molecule has 2 N–H and O–H groups in total. The first kappa shape index (κ1) is 14.0. The quantitative estimate of drug-likeness (QED) is 0.627.